The monoisotopic (exact) mass is 557 g/mol. The zero-order valence-electron chi connectivity index (χ0n) is 21.7. The van der Waals surface area contributed by atoms with Gasteiger partial charge in [-0.25, -0.2) is 13.8 Å². The number of aryl methyl sites for hydroxylation is 1. The summed E-state index contributed by atoms with van der Waals surface area (Å²) < 4.78 is 39.3. The number of hydrogen-bond acceptors (Lipinski definition) is 6. The van der Waals surface area contributed by atoms with Gasteiger partial charge in [0.1, 0.15) is 0 Å². The Morgan fingerprint density at radius 2 is 1.76 bits per heavy atom. The zero-order valence-corrected chi connectivity index (χ0v) is 23.3. The van der Waals surface area contributed by atoms with E-state index in [1.54, 1.807) is 54.6 Å². The Labute approximate surface area is 229 Å². The van der Waals surface area contributed by atoms with Crippen molar-refractivity contribution in [1.29, 1.82) is 0 Å². The van der Waals surface area contributed by atoms with Crippen molar-refractivity contribution in [3.05, 3.63) is 88.4 Å². The molecule has 1 N–H and O–H groups in total. The summed E-state index contributed by atoms with van der Waals surface area (Å²) in [4.78, 5) is 12.9. The van der Waals surface area contributed by atoms with Gasteiger partial charge < -0.3 is 9.47 Å². The molecule has 202 valence electrons. The average Bonchev–Trinajstić information content (AvgIpc) is 2.89. The van der Waals surface area contributed by atoms with Crippen molar-refractivity contribution in [2.75, 3.05) is 19.8 Å². The standard InChI is InChI=1S/C28H32ClN3O5S/c1-4-16-37-26-15-12-22(17-27(26)36-5-2)18-30-31-28(33)20-32(19-23-8-6-7-9-25(23)29)38(34,35)24-13-10-21(3)11-14-24/h6-15,17-18H,4-5,16,19-20H2,1-3H3,(H,31,33)/b30-18-. The molecular weight excluding hydrogens is 526 g/mol. The van der Waals surface area contributed by atoms with Crippen molar-refractivity contribution in [1.82, 2.24) is 9.73 Å². The van der Waals surface area contributed by atoms with Gasteiger partial charge in [0.25, 0.3) is 5.91 Å². The second kappa shape index (κ2) is 13.9. The molecule has 0 unspecified atom stereocenters. The maximum atomic E-state index is 13.4. The highest BCUT2D eigenvalue weighted by atomic mass is 35.5. The Bertz CT molecular complexity index is 1360. The van der Waals surface area contributed by atoms with Gasteiger partial charge in [0.05, 0.1) is 30.9 Å². The normalized spacial score (nSPS) is 11.6. The number of halogens is 1. The van der Waals surface area contributed by atoms with Gasteiger partial charge in [0.2, 0.25) is 10.0 Å². The lowest BCUT2D eigenvalue weighted by atomic mass is 10.2. The van der Waals surface area contributed by atoms with E-state index in [1.807, 2.05) is 20.8 Å². The van der Waals surface area contributed by atoms with E-state index < -0.39 is 22.5 Å². The van der Waals surface area contributed by atoms with Crippen molar-refractivity contribution in [3.8, 4) is 11.5 Å². The van der Waals surface area contributed by atoms with E-state index in [-0.39, 0.29) is 11.4 Å². The molecule has 8 nitrogen and oxygen atoms in total. The highest BCUT2D eigenvalue weighted by molar-refractivity contribution is 7.89. The van der Waals surface area contributed by atoms with E-state index in [1.165, 1.54) is 18.3 Å². The third-order valence-corrected chi connectivity index (χ3v) is 7.59. The summed E-state index contributed by atoms with van der Waals surface area (Å²) in [5.41, 5.74) is 4.59. The Morgan fingerprint density at radius 1 is 1.03 bits per heavy atom. The molecule has 0 saturated carbocycles. The maximum Gasteiger partial charge on any atom is 0.255 e. The van der Waals surface area contributed by atoms with Gasteiger partial charge >= 0.3 is 0 Å². The molecule has 0 bridgehead atoms. The van der Waals surface area contributed by atoms with E-state index in [0.29, 0.717) is 40.9 Å². The van der Waals surface area contributed by atoms with Crippen LogP contribution in [0.25, 0.3) is 0 Å². The van der Waals surface area contributed by atoms with Gasteiger partial charge in [0, 0.05) is 11.6 Å². The quantitative estimate of drug-likeness (QED) is 0.231. The van der Waals surface area contributed by atoms with Crippen LogP contribution in [0, 0.1) is 6.92 Å². The number of hydrogen-bond donors (Lipinski definition) is 1. The van der Waals surface area contributed by atoms with Gasteiger partial charge in [-0.3, -0.25) is 4.79 Å². The molecule has 10 heteroatoms. The van der Waals surface area contributed by atoms with E-state index in [0.717, 1.165) is 16.3 Å². The molecule has 0 atom stereocenters. The summed E-state index contributed by atoms with van der Waals surface area (Å²) >= 11 is 6.28. The van der Waals surface area contributed by atoms with Crippen LogP contribution in [-0.4, -0.2) is 44.6 Å². The van der Waals surface area contributed by atoms with Gasteiger partial charge in [-0.2, -0.15) is 9.41 Å². The number of benzene rings is 3. The summed E-state index contributed by atoms with van der Waals surface area (Å²) in [6, 6.07) is 18.7. The van der Waals surface area contributed by atoms with E-state index in [2.05, 4.69) is 10.5 Å². The third-order valence-electron chi connectivity index (χ3n) is 5.42. The molecule has 0 heterocycles. The second-order valence-electron chi connectivity index (χ2n) is 8.46. The number of ether oxygens (including phenoxy) is 2. The topological polar surface area (TPSA) is 97.3 Å². The molecule has 0 saturated heterocycles. The summed E-state index contributed by atoms with van der Waals surface area (Å²) in [7, 11) is -4.00. The van der Waals surface area contributed by atoms with Crippen LogP contribution in [0.15, 0.2) is 76.7 Å². The highest BCUT2D eigenvalue weighted by Gasteiger charge is 2.27. The Hall–Kier alpha value is -3.40. The Morgan fingerprint density at radius 3 is 2.45 bits per heavy atom. The predicted octanol–water partition coefficient (Wildman–Crippen LogP) is 5.18. The molecule has 3 aromatic rings. The number of sulfonamides is 1. The van der Waals surface area contributed by atoms with Crippen molar-refractivity contribution < 1.29 is 22.7 Å². The van der Waals surface area contributed by atoms with E-state index in [9.17, 15) is 13.2 Å². The molecule has 1 amide bonds. The Balaban J connectivity index is 1.76. The molecule has 3 aromatic carbocycles. The summed E-state index contributed by atoms with van der Waals surface area (Å²) in [6.45, 7) is 6.27. The number of carbonyl (C=O) groups excluding carboxylic acids is 1. The number of hydrazone groups is 1. The molecule has 0 radical (unpaired) electrons. The fourth-order valence-electron chi connectivity index (χ4n) is 3.48. The smallest absolute Gasteiger partial charge is 0.255 e. The first-order valence-corrected chi connectivity index (χ1v) is 14.1. The van der Waals surface area contributed by atoms with Crippen LogP contribution >= 0.6 is 11.6 Å². The van der Waals surface area contributed by atoms with Crippen molar-refractivity contribution in [2.45, 2.75) is 38.6 Å². The van der Waals surface area contributed by atoms with Crippen LogP contribution in [0.3, 0.4) is 0 Å². The first-order valence-electron chi connectivity index (χ1n) is 12.3. The molecule has 0 fully saturated rings. The fraction of sp³-hybridized carbons (Fsp3) is 0.286. The minimum absolute atomic E-state index is 0.0794. The summed E-state index contributed by atoms with van der Waals surface area (Å²) in [6.07, 6.45) is 2.32. The largest absolute Gasteiger partial charge is 0.490 e. The van der Waals surface area contributed by atoms with Gasteiger partial charge in [-0.15, -0.1) is 0 Å². The highest BCUT2D eigenvalue weighted by Crippen LogP contribution is 2.28. The Kier molecular flexibility index (Phi) is 10.7. The van der Waals surface area contributed by atoms with E-state index >= 15 is 0 Å². The maximum absolute atomic E-state index is 13.4. The lowest BCUT2D eigenvalue weighted by molar-refractivity contribution is -0.121. The molecule has 0 spiro atoms. The van der Waals surface area contributed by atoms with Crippen LogP contribution < -0.4 is 14.9 Å². The van der Waals surface area contributed by atoms with Gasteiger partial charge in [-0.05, 0) is 67.8 Å². The summed E-state index contributed by atoms with van der Waals surface area (Å²) in [5.74, 6) is 0.606. The lowest BCUT2D eigenvalue weighted by Gasteiger charge is -2.22. The molecule has 3 rings (SSSR count). The molecule has 0 aliphatic carbocycles. The first kappa shape index (κ1) is 29.2. The number of carbonyl (C=O) groups is 1. The van der Waals surface area contributed by atoms with E-state index in [4.69, 9.17) is 21.1 Å². The van der Waals surface area contributed by atoms with Crippen LogP contribution in [0.2, 0.25) is 5.02 Å². The molecule has 0 aromatic heterocycles. The molecular formula is C28H32ClN3O5S. The first-order chi connectivity index (χ1) is 18.2. The van der Waals surface area contributed by atoms with Crippen molar-refractivity contribution in [3.63, 3.8) is 0 Å². The van der Waals surface area contributed by atoms with Crippen LogP contribution in [-0.2, 0) is 21.4 Å². The fourth-order valence-corrected chi connectivity index (χ4v) is 5.05. The second-order valence-corrected chi connectivity index (χ2v) is 10.8. The SMILES string of the molecule is CCCOc1ccc(/C=N\NC(=O)CN(Cc2ccccc2Cl)S(=O)(=O)c2ccc(C)cc2)cc1OCC. The zero-order chi connectivity index (χ0) is 27.5. The third kappa shape index (κ3) is 8.05. The lowest BCUT2D eigenvalue weighted by Crippen LogP contribution is -2.39. The van der Waals surface area contributed by atoms with Crippen LogP contribution in [0.1, 0.15) is 37.0 Å². The summed E-state index contributed by atoms with van der Waals surface area (Å²) in [5, 5.41) is 4.42. The van der Waals surface area contributed by atoms with Crippen molar-refractivity contribution >= 4 is 33.7 Å². The minimum atomic E-state index is -4.00. The molecule has 0 aliphatic heterocycles. The number of nitrogens with one attached hydrogen (secondary N) is 1. The van der Waals surface area contributed by atoms with Gasteiger partial charge in [0.15, 0.2) is 11.5 Å². The predicted molar refractivity (Wildman–Crippen MR) is 149 cm³/mol. The molecule has 0 aliphatic rings. The number of amides is 1. The molecule has 38 heavy (non-hydrogen) atoms. The van der Waals surface area contributed by atoms with Crippen LogP contribution in [0.4, 0.5) is 0 Å². The number of rotatable bonds is 13. The minimum Gasteiger partial charge on any atom is -0.490 e. The van der Waals surface area contributed by atoms with Crippen molar-refractivity contribution in [2.24, 2.45) is 5.10 Å². The van der Waals surface area contributed by atoms with Crippen LogP contribution in [0.5, 0.6) is 11.5 Å². The van der Waals surface area contributed by atoms with Gasteiger partial charge in [-0.1, -0.05) is 54.4 Å². The number of nitrogens with zero attached hydrogens (tertiary/aromatic N) is 2. The average molecular weight is 558 g/mol.